The number of hydrogen-bond acceptors (Lipinski definition) is 8. The Balaban J connectivity index is 1.02. The number of imidazole rings is 1. The zero-order valence-corrected chi connectivity index (χ0v) is 24.8. The molecule has 1 aliphatic carbocycles. The third-order valence-electron chi connectivity index (χ3n) is 8.61. The molecule has 1 aromatic carbocycles. The second-order valence-electron chi connectivity index (χ2n) is 11.5. The Kier molecular flexibility index (Phi) is 7.44. The molecule has 1 saturated carbocycles. The molecular formula is C29H27ClF3N11O2. The average molecular weight is 654 g/mol. The third-order valence-corrected chi connectivity index (χ3v) is 8.92. The number of urea groups is 1. The van der Waals surface area contributed by atoms with Gasteiger partial charge in [0.15, 0.2) is 17.2 Å². The first-order valence-corrected chi connectivity index (χ1v) is 15.0. The van der Waals surface area contributed by atoms with E-state index in [9.17, 15) is 22.8 Å². The number of anilines is 2. The lowest BCUT2D eigenvalue weighted by Crippen LogP contribution is -2.46. The van der Waals surface area contributed by atoms with E-state index in [0.29, 0.717) is 18.8 Å². The van der Waals surface area contributed by atoms with Gasteiger partial charge in [-0.05, 0) is 31.2 Å². The number of nitrogens with zero attached hydrogens (tertiary/aromatic N) is 7. The van der Waals surface area contributed by atoms with E-state index in [1.54, 1.807) is 29.2 Å². The van der Waals surface area contributed by atoms with Gasteiger partial charge in [0.1, 0.15) is 6.54 Å². The minimum absolute atomic E-state index is 0.0279. The second-order valence-corrected chi connectivity index (χ2v) is 12.0. The number of fused-ring (bicyclic) bond motifs is 2. The zero-order chi connectivity index (χ0) is 32.2. The Morgan fingerprint density at radius 2 is 1.98 bits per heavy atom. The number of benzene rings is 1. The Morgan fingerprint density at radius 1 is 1.17 bits per heavy atom. The summed E-state index contributed by atoms with van der Waals surface area (Å²) in [5.74, 6) is 0.327. The van der Waals surface area contributed by atoms with Crippen molar-refractivity contribution in [1.29, 1.82) is 5.26 Å². The van der Waals surface area contributed by atoms with Crippen molar-refractivity contribution in [2.75, 3.05) is 31.5 Å². The summed E-state index contributed by atoms with van der Waals surface area (Å²) < 4.78 is 43.6. The van der Waals surface area contributed by atoms with E-state index in [1.165, 1.54) is 23.0 Å². The summed E-state index contributed by atoms with van der Waals surface area (Å²) in [5.41, 5.74) is -0.258. The van der Waals surface area contributed by atoms with Gasteiger partial charge in [-0.1, -0.05) is 11.6 Å². The monoisotopic (exact) mass is 653 g/mol. The molecule has 3 fully saturated rings. The molecule has 3 amide bonds. The highest BCUT2D eigenvalue weighted by Crippen LogP contribution is 2.46. The van der Waals surface area contributed by atoms with E-state index in [0.717, 1.165) is 30.4 Å². The Bertz CT molecular complexity index is 1870. The molecular weight excluding hydrogens is 627 g/mol. The number of carbonyl (C=O) groups excluding carboxylic acids is 2. The summed E-state index contributed by atoms with van der Waals surface area (Å²) >= 11 is 6.50. The van der Waals surface area contributed by atoms with Crippen LogP contribution in [-0.4, -0.2) is 79.3 Å². The van der Waals surface area contributed by atoms with Gasteiger partial charge in [0, 0.05) is 67.8 Å². The molecule has 7 rings (SSSR count). The number of nitrogens with one attached hydrogen (secondary N) is 4. The summed E-state index contributed by atoms with van der Waals surface area (Å²) in [6.45, 7) is 2.51. The Labute approximate surface area is 264 Å². The number of carbonyl (C=O) groups is 2. The largest absolute Gasteiger partial charge is 0.435 e. The maximum atomic E-state index is 13.8. The van der Waals surface area contributed by atoms with Crippen molar-refractivity contribution < 1.29 is 22.8 Å². The van der Waals surface area contributed by atoms with Gasteiger partial charge in [0.05, 0.1) is 34.1 Å². The van der Waals surface area contributed by atoms with Gasteiger partial charge in [-0.15, -0.1) is 0 Å². The molecule has 3 aromatic heterocycles. The fourth-order valence-electron chi connectivity index (χ4n) is 6.27. The Hall–Kier alpha value is -4.88. The quantitative estimate of drug-likeness (QED) is 0.237. The summed E-state index contributed by atoms with van der Waals surface area (Å²) in [7, 11) is 0. The normalized spacial score (nSPS) is 22.0. The number of rotatable bonds is 7. The van der Waals surface area contributed by atoms with Crippen molar-refractivity contribution in [3.8, 4) is 17.3 Å². The van der Waals surface area contributed by atoms with E-state index in [1.807, 2.05) is 0 Å². The first kappa shape index (κ1) is 29.8. The van der Waals surface area contributed by atoms with Gasteiger partial charge in [0.25, 0.3) is 5.91 Å². The van der Waals surface area contributed by atoms with Gasteiger partial charge in [-0.25, -0.2) is 14.8 Å². The number of alkyl halides is 3. The van der Waals surface area contributed by atoms with E-state index >= 15 is 0 Å². The molecule has 4 atom stereocenters. The van der Waals surface area contributed by atoms with Crippen molar-refractivity contribution in [3.63, 3.8) is 0 Å². The number of amides is 3. The summed E-state index contributed by atoms with van der Waals surface area (Å²) in [6.07, 6.45) is 1.47. The van der Waals surface area contributed by atoms with E-state index < -0.39 is 11.9 Å². The van der Waals surface area contributed by atoms with Crippen LogP contribution < -0.4 is 21.3 Å². The SMILES string of the molecule is N#CCn1cc(-c2cnc3c(Nc4ccc(C(=O)N[C@H]5[C@@H]6CN(C(=O)N[C@H]7CCNC7)C[C@@H]65)c(Cl)c4)nccn23)c(C(F)(F)F)n1. The van der Waals surface area contributed by atoms with Crippen molar-refractivity contribution in [1.82, 2.24) is 45.0 Å². The fraction of sp³-hybridized carbons (Fsp3) is 0.379. The third kappa shape index (κ3) is 5.56. The number of halogens is 4. The average Bonchev–Trinajstić information content (AvgIpc) is 3.64. The number of aromatic nitrogens is 5. The molecule has 2 aliphatic heterocycles. The van der Waals surface area contributed by atoms with Gasteiger partial charge < -0.3 is 26.2 Å². The van der Waals surface area contributed by atoms with Crippen LogP contribution in [0.3, 0.4) is 0 Å². The molecule has 4 aromatic rings. The molecule has 0 unspecified atom stereocenters. The summed E-state index contributed by atoms with van der Waals surface area (Å²) in [6, 6.07) is 6.61. The molecule has 5 heterocycles. The second kappa shape index (κ2) is 11.5. The predicted octanol–water partition coefficient (Wildman–Crippen LogP) is 3.26. The van der Waals surface area contributed by atoms with Crippen molar-refractivity contribution in [2.24, 2.45) is 11.8 Å². The maximum Gasteiger partial charge on any atom is 0.435 e. The molecule has 17 heteroatoms. The lowest BCUT2D eigenvalue weighted by molar-refractivity contribution is -0.141. The minimum Gasteiger partial charge on any atom is -0.349 e. The van der Waals surface area contributed by atoms with Crippen molar-refractivity contribution in [3.05, 3.63) is 59.3 Å². The lowest BCUT2D eigenvalue weighted by atomic mass is 10.2. The van der Waals surface area contributed by atoms with Crippen molar-refractivity contribution in [2.45, 2.75) is 31.2 Å². The van der Waals surface area contributed by atoms with E-state index in [2.05, 4.69) is 36.3 Å². The molecule has 3 aliphatic rings. The molecule has 0 radical (unpaired) electrons. The standard InChI is InChI=1S/C29H27ClF3N11O2/c30-21-9-15(1-2-17(21)27(45)40-23-18-12-42(13-19(18)23)28(46)39-16-3-5-35-10-16)38-25-26-37-11-22(44(26)8-6-36-25)20-14-43(7-4-34)41-24(20)29(31,32)33/h1-2,6,8-9,11,14,16,18-19,23,35H,3,5,7,10,12-13H2,(H,36,38)(H,39,46)(H,40,45)/t16-,18-,19+,23+/m0/s1. The molecule has 238 valence electrons. The molecule has 2 saturated heterocycles. The van der Waals surface area contributed by atoms with Crippen LogP contribution in [0.4, 0.5) is 29.5 Å². The zero-order valence-electron chi connectivity index (χ0n) is 24.1. The summed E-state index contributed by atoms with van der Waals surface area (Å²) in [4.78, 5) is 36.0. The molecule has 4 N–H and O–H groups in total. The smallest absolute Gasteiger partial charge is 0.349 e. The molecule has 13 nitrogen and oxygen atoms in total. The topological polar surface area (TPSA) is 157 Å². The van der Waals surface area contributed by atoms with Gasteiger partial charge in [0.2, 0.25) is 0 Å². The highest BCUT2D eigenvalue weighted by Gasteiger charge is 2.57. The number of nitriles is 1. The highest BCUT2D eigenvalue weighted by atomic mass is 35.5. The van der Waals surface area contributed by atoms with Gasteiger partial charge in [-0.3, -0.25) is 13.9 Å². The Morgan fingerprint density at radius 3 is 2.67 bits per heavy atom. The van der Waals surface area contributed by atoms with Crippen LogP contribution in [0.2, 0.25) is 5.02 Å². The van der Waals surface area contributed by atoms with Gasteiger partial charge in [-0.2, -0.15) is 23.5 Å². The molecule has 0 spiro atoms. The first-order valence-electron chi connectivity index (χ1n) is 14.6. The minimum atomic E-state index is -4.75. The van der Waals surface area contributed by atoms with Crippen LogP contribution in [0.1, 0.15) is 22.5 Å². The maximum absolute atomic E-state index is 13.8. The molecule has 46 heavy (non-hydrogen) atoms. The number of hydrogen-bond donors (Lipinski definition) is 4. The van der Waals surface area contributed by atoms with Crippen LogP contribution in [0.15, 0.2) is 43.0 Å². The predicted molar refractivity (Wildman–Crippen MR) is 159 cm³/mol. The van der Waals surface area contributed by atoms with Crippen LogP contribution in [0, 0.1) is 23.2 Å². The van der Waals surface area contributed by atoms with Crippen LogP contribution in [0.25, 0.3) is 16.9 Å². The van der Waals surface area contributed by atoms with E-state index in [4.69, 9.17) is 16.9 Å². The summed E-state index contributed by atoms with van der Waals surface area (Å²) in [5, 5.41) is 25.1. The van der Waals surface area contributed by atoms with Crippen molar-refractivity contribution >= 4 is 40.7 Å². The van der Waals surface area contributed by atoms with Crippen LogP contribution in [0.5, 0.6) is 0 Å². The lowest BCUT2D eigenvalue weighted by Gasteiger charge is -2.23. The van der Waals surface area contributed by atoms with Crippen LogP contribution in [-0.2, 0) is 12.7 Å². The first-order chi connectivity index (χ1) is 22.1. The fourth-order valence-corrected chi connectivity index (χ4v) is 6.54. The van der Waals surface area contributed by atoms with Gasteiger partial charge >= 0.3 is 12.2 Å². The number of likely N-dealkylation sites (tertiary alicyclic amines) is 1. The molecule has 0 bridgehead atoms. The highest BCUT2D eigenvalue weighted by molar-refractivity contribution is 6.34. The van der Waals surface area contributed by atoms with Crippen LogP contribution >= 0.6 is 11.6 Å². The van der Waals surface area contributed by atoms with E-state index in [-0.39, 0.29) is 75.7 Å². The number of piperidine rings is 1.